The van der Waals surface area contributed by atoms with Crippen LogP contribution in [0.4, 0.5) is 4.79 Å². The molecule has 0 aromatic carbocycles. The van der Waals surface area contributed by atoms with E-state index in [1.807, 2.05) is 0 Å². The van der Waals surface area contributed by atoms with Gasteiger partial charge in [0, 0.05) is 19.0 Å². The molecule has 0 aliphatic heterocycles. The van der Waals surface area contributed by atoms with Crippen LogP contribution in [0.2, 0.25) is 0 Å². The Balaban J connectivity index is 1.98. The van der Waals surface area contributed by atoms with Gasteiger partial charge in [-0.15, -0.1) is 0 Å². The monoisotopic (exact) mass is 272 g/mol. The van der Waals surface area contributed by atoms with Crippen molar-refractivity contribution in [3.05, 3.63) is 0 Å². The van der Waals surface area contributed by atoms with Crippen LogP contribution < -0.4 is 10.6 Å². The minimum Gasteiger partial charge on any atom is -0.481 e. The number of hydrogen-bond acceptors (Lipinski definition) is 3. The van der Waals surface area contributed by atoms with Crippen LogP contribution in [0.1, 0.15) is 45.4 Å². The number of carboxylic acid groups (broad SMARTS) is 1. The first-order valence-corrected chi connectivity index (χ1v) is 6.95. The Morgan fingerprint density at radius 3 is 2.68 bits per heavy atom. The van der Waals surface area contributed by atoms with Gasteiger partial charge in [-0.1, -0.05) is 12.8 Å². The number of urea groups is 1. The first-order chi connectivity index (χ1) is 9.08. The summed E-state index contributed by atoms with van der Waals surface area (Å²) in [5, 5.41) is 13.9. The Bertz CT molecular complexity index is 290. The van der Waals surface area contributed by atoms with Crippen molar-refractivity contribution in [2.75, 3.05) is 13.2 Å². The van der Waals surface area contributed by atoms with Crippen LogP contribution in [0.5, 0.6) is 0 Å². The molecule has 6 nitrogen and oxygen atoms in total. The van der Waals surface area contributed by atoms with Gasteiger partial charge in [-0.05, 0) is 26.2 Å². The number of carbonyl (C=O) groups is 2. The smallest absolute Gasteiger partial charge is 0.315 e. The molecule has 0 bridgehead atoms. The maximum atomic E-state index is 11.5. The minimum atomic E-state index is -0.848. The highest BCUT2D eigenvalue weighted by Crippen LogP contribution is 2.20. The second-order valence-corrected chi connectivity index (χ2v) is 5.01. The Hall–Kier alpha value is -1.30. The zero-order valence-corrected chi connectivity index (χ0v) is 11.5. The van der Waals surface area contributed by atoms with Crippen LogP contribution >= 0.6 is 0 Å². The fourth-order valence-electron chi connectivity index (χ4n) is 2.13. The fraction of sp³-hybridized carbons (Fsp3) is 0.846. The second-order valence-electron chi connectivity index (χ2n) is 5.01. The molecule has 110 valence electrons. The van der Waals surface area contributed by atoms with Gasteiger partial charge >= 0.3 is 12.0 Å². The van der Waals surface area contributed by atoms with Crippen LogP contribution in [0, 0.1) is 0 Å². The number of amides is 2. The molecule has 2 amide bonds. The molecule has 19 heavy (non-hydrogen) atoms. The second kappa shape index (κ2) is 8.74. The number of nitrogens with one attached hydrogen (secondary N) is 2. The molecule has 1 fully saturated rings. The first kappa shape index (κ1) is 15.8. The molecule has 3 N–H and O–H groups in total. The molecule has 1 aliphatic rings. The zero-order valence-electron chi connectivity index (χ0n) is 11.5. The number of rotatable bonds is 8. The van der Waals surface area contributed by atoms with E-state index in [-0.39, 0.29) is 18.5 Å². The van der Waals surface area contributed by atoms with E-state index in [0.717, 1.165) is 12.8 Å². The molecule has 6 heteroatoms. The molecule has 0 aromatic rings. The van der Waals surface area contributed by atoms with Crippen molar-refractivity contribution in [3.8, 4) is 0 Å². The molecular formula is C13H24N2O4. The van der Waals surface area contributed by atoms with Crippen molar-refractivity contribution in [1.82, 2.24) is 10.6 Å². The predicted molar refractivity (Wildman–Crippen MR) is 71.1 cm³/mol. The molecule has 1 unspecified atom stereocenters. The topological polar surface area (TPSA) is 87.7 Å². The lowest BCUT2D eigenvalue weighted by molar-refractivity contribution is -0.137. The third-order valence-electron chi connectivity index (χ3n) is 3.21. The third-order valence-corrected chi connectivity index (χ3v) is 3.21. The molecule has 1 aliphatic carbocycles. The summed E-state index contributed by atoms with van der Waals surface area (Å²) in [6.45, 7) is 2.80. The van der Waals surface area contributed by atoms with E-state index in [9.17, 15) is 9.59 Å². The van der Waals surface area contributed by atoms with Crippen LogP contribution in [0.15, 0.2) is 0 Å². The van der Waals surface area contributed by atoms with Gasteiger partial charge in [-0.25, -0.2) is 4.79 Å². The van der Waals surface area contributed by atoms with Crippen molar-refractivity contribution >= 4 is 12.0 Å². The SMILES string of the molecule is CC(CCC(=O)O)NC(=O)NCCOC1CCCC1. The van der Waals surface area contributed by atoms with E-state index in [0.29, 0.717) is 25.7 Å². The standard InChI is InChI=1S/C13H24N2O4/c1-10(6-7-12(16)17)15-13(18)14-8-9-19-11-4-2-3-5-11/h10-11H,2-9H2,1H3,(H,16,17)(H2,14,15,18). The van der Waals surface area contributed by atoms with Gasteiger partial charge in [0.1, 0.15) is 0 Å². The highest BCUT2D eigenvalue weighted by Gasteiger charge is 2.15. The van der Waals surface area contributed by atoms with Gasteiger partial charge in [0.25, 0.3) is 0 Å². The number of ether oxygens (including phenoxy) is 1. The van der Waals surface area contributed by atoms with E-state index < -0.39 is 5.97 Å². The van der Waals surface area contributed by atoms with Gasteiger partial charge in [0.15, 0.2) is 0 Å². The van der Waals surface area contributed by atoms with Gasteiger partial charge in [0.05, 0.1) is 12.7 Å². The summed E-state index contributed by atoms with van der Waals surface area (Å²) in [5.74, 6) is -0.848. The van der Waals surface area contributed by atoms with E-state index in [4.69, 9.17) is 9.84 Å². The summed E-state index contributed by atoms with van der Waals surface area (Å²) in [6.07, 6.45) is 5.57. The van der Waals surface area contributed by atoms with Crippen LogP contribution in [-0.2, 0) is 9.53 Å². The van der Waals surface area contributed by atoms with E-state index in [2.05, 4.69) is 10.6 Å². The molecule has 0 heterocycles. The number of carbonyl (C=O) groups excluding carboxylic acids is 1. The minimum absolute atomic E-state index is 0.0617. The molecule has 1 saturated carbocycles. The zero-order chi connectivity index (χ0) is 14.1. The number of hydrogen-bond donors (Lipinski definition) is 3. The summed E-state index contributed by atoms with van der Waals surface area (Å²) in [5.41, 5.74) is 0. The lowest BCUT2D eigenvalue weighted by atomic mass is 10.2. The first-order valence-electron chi connectivity index (χ1n) is 6.95. The van der Waals surface area contributed by atoms with E-state index in [1.165, 1.54) is 12.8 Å². The maximum absolute atomic E-state index is 11.5. The Kier molecular flexibility index (Phi) is 7.25. The van der Waals surface area contributed by atoms with Crippen molar-refractivity contribution < 1.29 is 19.4 Å². The highest BCUT2D eigenvalue weighted by atomic mass is 16.5. The average molecular weight is 272 g/mol. The lowest BCUT2D eigenvalue weighted by Crippen LogP contribution is -2.42. The molecule has 0 aromatic heterocycles. The fourth-order valence-corrected chi connectivity index (χ4v) is 2.13. The third kappa shape index (κ3) is 7.66. The van der Waals surface area contributed by atoms with Crippen molar-refractivity contribution in [3.63, 3.8) is 0 Å². The molecule has 1 atom stereocenters. The summed E-state index contributed by atoms with van der Waals surface area (Å²) >= 11 is 0. The van der Waals surface area contributed by atoms with Crippen molar-refractivity contribution in [2.24, 2.45) is 0 Å². The number of aliphatic carboxylic acids is 1. The van der Waals surface area contributed by atoms with E-state index in [1.54, 1.807) is 6.92 Å². The van der Waals surface area contributed by atoms with Crippen LogP contribution in [0.25, 0.3) is 0 Å². The maximum Gasteiger partial charge on any atom is 0.315 e. The highest BCUT2D eigenvalue weighted by molar-refractivity contribution is 5.74. The molecular weight excluding hydrogens is 248 g/mol. The summed E-state index contributed by atoms with van der Waals surface area (Å²) < 4.78 is 5.62. The Morgan fingerprint density at radius 1 is 1.37 bits per heavy atom. The van der Waals surface area contributed by atoms with Crippen molar-refractivity contribution in [2.45, 2.75) is 57.6 Å². The largest absolute Gasteiger partial charge is 0.481 e. The summed E-state index contributed by atoms with van der Waals surface area (Å²) in [4.78, 5) is 21.9. The van der Waals surface area contributed by atoms with Gasteiger partial charge in [0.2, 0.25) is 0 Å². The number of carboxylic acids is 1. The Morgan fingerprint density at radius 2 is 2.05 bits per heavy atom. The van der Waals surface area contributed by atoms with Gasteiger partial charge in [-0.2, -0.15) is 0 Å². The molecule has 0 radical (unpaired) electrons. The molecule has 0 saturated heterocycles. The van der Waals surface area contributed by atoms with Crippen LogP contribution in [-0.4, -0.2) is 42.4 Å². The normalized spacial score (nSPS) is 17.1. The van der Waals surface area contributed by atoms with Gasteiger partial charge < -0.3 is 20.5 Å². The summed E-state index contributed by atoms with van der Waals surface area (Å²) in [7, 11) is 0. The van der Waals surface area contributed by atoms with Crippen molar-refractivity contribution in [1.29, 1.82) is 0 Å². The van der Waals surface area contributed by atoms with Gasteiger partial charge in [-0.3, -0.25) is 4.79 Å². The Labute approximate surface area is 113 Å². The molecule has 1 rings (SSSR count). The molecule has 0 spiro atoms. The quantitative estimate of drug-likeness (QED) is 0.584. The summed E-state index contributed by atoms with van der Waals surface area (Å²) in [6, 6.07) is -0.417. The average Bonchev–Trinajstić information content (AvgIpc) is 2.85. The van der Waals surface area contributed by atoms with Crippen LogP contribution in [0.3, 0.4) is 0 Å². The lowest BCUT2D eigenvalue weighted by Gasteiger charge is -2.15. The van der Waals surface area contributed by atoms with E-state index >= 15 is 0 Å². The predicted octanol–water partition coefficient (Wildman–Crippen LogP) is 1.50.